The molecule has 1 amide bonds. The quantitative estimate of drug-likeness (QED) is 0.593. The Labute approximate surface area is 170 Å². The van der Waals surface area contributed by atoms with E-state index in [1.165, 1.54) is 35.0 Å². The van der Waals surface area contributed by atoms with Gasteiger partial charge in [-0.2, -0.15) is 0 Å². The zero-order valence-electron chi connectivity index (χ0n) is 15.9. The number of benzene rings is 1. The molecule has 1 aliphatic carbocycles. The summed E-state index contributed by atoms with van der Waals surface area (Å²) >= 11 is 5.85. The molecule has 2 heterocycles. The number of carbonyl (C=O) groups is 1. The van der Waals surface area contributed by atoms with Gasteiger partial charge in [0.2, 0.25) is 5.28 Å². The summed E-state index contributed by atoms with van der Waals surface area (Å²) in [7, 11) is 0. The number of aromatic amines is 1. The van der Waals surface area contributed by atoms with Crippen LogP contribution in [-0.2, 0) is 0 Å². The summed E-state index contributed by atoms with van der Waals surface area (Å²) < 4.78 is 14.6. The van der Waals surface area contributed by atoms with Crippen LogP contribution in [0.5, 0.6) is 0 Å². The fourth-order valence-electron chi connectivity index (χ4n) is 3.58. The Balaban J connectivity index is 1.76. The standard InChI is InChI=1S/C20H20ClFN4O3/c1-20(2,29)16(11-5-7-12(22)8-6-11)23-17(27)13-9-26-15(14(13)10-3-4-10)18(28)24-19(21)25-26/h5-10,16,29H,3-4H2,1-2H3,(H,23,27)(H,24,25,28). The first-order chi connectivity index (χ1) is 13.6. The van der Waals surface area contributed by atoms with Crippen molar-refractivity contribution in [3.63, 3.8) is 0 Å². The average molecular weight is 419 g/mol. The van der Waals surface area contributed by atoms with Gasteiger partial charge in [0.05, 0.1) is 17.2 Å². The smallest absolute Gasteiger partial charge is 0.276 e. The Morgan fingerprint density at radius 3 is 2.62 bits per heavy atom. The van der Waals surface area contributed by atoms with Gasteiger partial charge in [0.15, 0.2) is 0 Å². The van der Waals surface area contributed by atoms with Crippen LogP contribution in [0.2, 0.25) is 5.28 Å². The van der Waals surface area contributed by atoms with Gasteiger partial charge < -0.3 is 10.4 Å². The second kappa shape index (κ2) is 6.96. The van der Waals surface area contributed by atoms with Crippen LogP contribution in [0.1, 0.15) is 60.1 Å². The molecule has 29 heavy (non-hydrogen) atoms. The van der Waals surface area contributed by atoms with Crippen LogP contribution in [0.3, 0.4) is 0 Å². The van der Waals surface area contributed by atoms with Crippen molar-refractivity contribution in [2.24, 2.45) is 0 Å². The highest BCUT2D eigenvalue weighted by atomic mass is 35.5. The van der Waals surface area contributed by atoms with Gasteiger partial charge in [-0.15, -0.1) is 5.10 Å². The van der Waals surface area contributed by atoms with Crippen molar-refractivity contribution < 1.29 is 14.3 Å². The molecule has 0 radical (unpaired) electrons. The summed E-state index contributed by atoms with van der Waals surface area (Å²) in [6.07, 6.45) is 3.22. The number of nitrogens with zero attached hydrogens (tertiary/aromatic N) is 2. The third kappa shape index (κ3) is 3.77. The maximum absolute atomic E-state index is 13.3. The fraction of sp³-hybridized carbons (Fsp3) is 0.350. The van der Waals surface area contributed by atoms with Gasteiger partial charge in [0, 0.05) is 11.8 Å². The lowest BCUT2D eigenvalue weighted by Gasteiger charge is -2.30. The molecule has 1 atom stereocenters. The van der Waals surface area contributed by atoms with Crippen LogP contribution in [-0.4, -0.2) is 31.2 Å². The van der Waals surface area contributed by atoms with E-state index in [9.17, 15) is 19.1 Å². The first-order valence-electron chi connectivity index (χ1n) is 9.25. The molecule has 152 valence electrons. The second-order valence-electron chi connectivity index (χ2n) is 7.88. The van der Waals surface area contributed by atoms with Gasteiger partial charge in [-0.3, -0.25) is 14.6 Å². The molecule has 0 spiro atoms. The normalized spacial score (nSPS) is 15.5. The Morgan fingerprint density at radius 1 is 1.38 bits per heavy atom. The maximum Gasteiger partial charge on any atom is 0.276 e. The number of hydrogen-bond acceptors (Lipinski definition) is 4. The SMILES string of the molecule is CC(C)(O)C(NC(=O)c1cn2nc(Cl)[nH]c(=O)c2c1C1CC1)c1ccc(F)cc1. The maximum atomic E-state index is 13.3. The summed E-state index contributed by atoms with van der Waals surface area (Å²) in [4.78, 5) is 28.0. The lowest BCUT2D eigenvalue weighted by atomic mass is 9.91. The number of nitrogens with one attached hydrogen (secondary N) is 2. The molecule has 7 nitrogen and oxygen atoms in total. The van der Waals surface area contributed by atoms with E-state index in [-0.39, 0.29) is 11.2 Å². The average Bonchev–Trinajstić information content (AvgIpc) is 3.39. The third-order valence-corrected chi connectivity index (χ3v) is 5.24. The molecule has 0 saturated heterocycles. The monoisotopic (exact) mass is 418 g/mol. The molecule has 0 aliphatic heterocycles. The van der Waals surface area contributed by atoms with Crippen molar-refractivity contribution in [3.05, 3.63) is 68.6 Å². The number of aliphatic hydroxyl groups is 1. The molecule has 3 aromatic rings. The van der Waals surface area contributed by atoms with Crippen LogP contribution < -0.4 is 10.9 Å². The van der Waals surface area contributed by atoms with Gasteiger partial charge in [-0.05, 0) is 61.9 Å². The third-order valence-electron chi connectivity index (χ3n) is 5.07. The number of amides is 1. The Morgan fingerprint density at radius 2 is 2.03 bits per heavy atom. The molecular formula is C20H20ClFN4O3. The zero-order chi connectivity index (χ0) is 20.9. The van der Waals surface area contributed by atoms with Gasteiger partial charge in [0.1, 0.15) is 11.3 Å². The van der Waals surface area contributed by atoms with E-state index in [2.05, 4.69) is 15.4 Å². The predicted molar refractivity (Wildman–Crippen MR) is 106 cm³/mol. The number of H-pyrrole nitrogens is 1. The highest BCUT2D eigenvalue weighted by molar-refractivity contribution is 6.28. The summed E-state index contributed by atoms with van der Waals surface area (Å²) in [5, 5.41) is 17.4. The van der Waals surface area contributed by atoms with Crippen molar-refractivity contribution >= 4 is 23.0 Å². The summed E-state index contributed by atoms with van der Waals surface area (Å²) in [5.74, 6) is -0.771. The Hall–Kier alpha value is -2.71. The van der Waals surface area contributed by atoms with E-state index in [4.69, 9.17) is 11.6 Å². The van der Waals surface area contributed by atoms with Crippen molar-refractivity contribution in [1.29, 1.82) is 0 Å². The Bertz CT molecular complexity index is 1140. The largest absolute Gasteiger partial charge is 0.388 e. The minimum absolute atomic E-state index is 0.0764. The minimum Gasteiger partial charge on any atom is -0.388 e. The molecule has 3 N–H and O–H groups in total. The summed E-state index contributed by atoms with van der Waals surface area (Å²) in [6.45, 7) is 3.12. The van der Waals surface area contributed by atoms with Gasteiger partial charge in [-0.1, -0.05) is 12.1 Å². The van der Waals surface area contributed by atoms with E-state index in [1.807, 2.05) is 0 Å². The van der Waals surface area contributed by atoms with Crippen molar-refractivity contribution in [2.75, 3.05) is 0 Å². The highest BCUT2D eigenvalue weighted by Gasteiger charge is 2.36. The number of hydrogen-bond donors (Lipinski definition) is 3. The van der Waals surface area contributed by atoms with Crippen molar-refractivity contribution in [2.45, 2.75) is 44.2 Å². The van der Waals surface area contributed by atoms with Crippen molar-refractivity contribution in [1.82, 2.24) is 19.9 Å². The van der Waals surface area contributed by atoms with Crippen molar-refractivity contribution in [3.8, 4) is 0 Å². The number of carbonyl (C=O) groups excluding carboxylic acids is 1. The molecule has 1 saturated carbocycles. The van der Waals surface area contributed by atoms with Crippen LogP contribution >= 0.6 is 11.6 Å². The second-order valence-corrected chi connectivity index (χ2v) is 8.24. The lowest BCUT2D eigenvalue weighted by Crippen LogP contribution is -2.42. The van der Waals surface area contributed by atoms with Crippen LogP contribution in [0.25, 0.3) is 5.52 Å². The van der Waals surface area contributed by atoms with Crippen LogP contribution in [0.4, 0.5) is 4.39 Å². The van der Waals surface area contributed by atoms with E-state index >= 15 is 0 Å². The van der Waals surface area contributed by atoms with E-state index < -0.39 is 28.9 Å². The van der Waals surface area contributed by atoms with E-state index in [0.717, 1.165) is 12.8 Å². The van der Waals surface area contributed by atoms with E-state index in [1.54, 1.807) is 13.8 Å². The molecule has 1 unspecified atom stereocenters. The fourth-order valence-corrected chi connectivity index (χ4v) is 3.75. The van der Waals surface area contributed by atoms with E-state index in [0.29, 0.717) is 22.2 Å². The first kappa shape index (κ1) is 19.6. The number of halogens is 2. The van der Waals surface area contributed by atoms with Crippen LogP contribution in [0, 0.1) is 5.82 Å². The van der Waals surface area contributed by atoms with Crippen LogP contribution in [0.15, 0.2) is 35.3 Å². The Kier molecular flexibility index (Phi) is 4.71. The lowest BCUT2D eigenvalue weighted by molar-refractivity contribution is 0.0343. The molecule has 1 aliphatic rings. The number of fused-ring (bicyclic) bond motifs is 1. The molecule has 4 rings (SSSR count). The minimum atomic E-state index is -1.31. The molecule has 2 aromatic heterocycles. The van der Waals surface area contributed by atoms with Gasteiger partial charge in [-0.25, -0.2) is 8.91 Å². The number of rotatable bonds is 5. The molecular weight excluding hydrogens is 399 g/mol. The molecule has 1 aromatic carbocycles. The predicted octanol–water partition coefficient (Wildman–Crippen LogP) is 2.93. The molecule has 9 heteroatoms. The molecule has 0 bridgehead atoms. The highest BCUT2D eigenvalue weighted by Crippen LogP contribution is 2.43. The van der Waals surface area contributed by atoms with Gasteiger partial charge >= 0.3 is 0 Å². The number of aromatic nitrogens is 3. The molecule has 1 fully saturated rings. The van der Waals surface area contributed by atoms with Gasteiger partial charge in [0.25, 0.3) is 11.5 Å². The topological polar surface area (TPSA) is 99.5 Å². The first-order valence-corrected chi connectivity index (χ1v) is 9.62. The summed E-state index contributed by atoms with van der Waals surface area (Å²) in [6, 6.07) is 4.78. The summed E-state index contributed by atoms with van der Waals surface area (Å²) in [5.41, 5.74) is 0.0617. The zero-order valence-corrected chi connectivity index (χ0v) is 16.6.